The van der Waals surface area contributed by atoms with E-state index in [0.29, 0.717) is 5.02 Å². The molecule has 0 radical (unpaired) electrons. The molecule has 1 aliphatic heterocycles. The van der Waals surface area contributed by atoms with E-state index in [-0.39, 0.29) is 29.3 Å². The Morgan fingerprint density at radius 3 is 2.57 bits per heavy atom. The van der Waals surface area contributed by atoms with E-state index in [1.54, 1.807) is 0 Å². The van der Waals surface area contributed by atoms with Crippen LogP contribution in [0.5, 0.6) is 0 Å². The molecular formula is C14H14ClF3N2O3. The lowest BCUT2D eigenvalue weighted by Crippen LogP contribution is -2.56. The molecule has 0 fully saturated rings. The van der Waals surface area contributed by atoms with E-state index >= 15 is 0 Å². The van der Waals surface area contributed by atoms with Gasteiger partial charge in [0.1, 0.15) is 0 Å². The van der Waals surface area contributed by atoms with E-state index in [1.807, 2.05) is 0 Å². The van der Waals surface area contributed by atoms with Crippen molar-refractivity contribution in [3.63, 3.8) is 0 Å². The standard InChI is InChI=1S/C14H14ClF3N2O3/c1-23-7-6-11-8-13(22,14(16,17)18)20(19-11)12(21)9-2-4-10(15)5-3-9/h2-5,22H,6-8H2,1H3/t13-/m1/s1. The predicted octanol–water partition coefficient (Wildman–Crippen LogP) is 2.83. The monoisotopic (exact) mass is 350 g/mol. The minimum atomic E-state index is -5.05. The lowest BCUT2D eigenvalue weighted by Gasteiger charge is -2.32. The van der Waals surface area contributed by atoms with Crippen LogP contribution in [0.3, 0.4) is 0 Å². The van der Waals surface area contributed by atoms with Crippen molar-refractivity contribution in [2.75, 3.05) is 13.7 Å². The van der Waals surface area contributed by atoms with Crippen molar-refractivity contribution >= 4 is 23.2 Å². The van der Waals surface area contributed by atoms with Crippen LogP contribution < -0.4 is 0 Å². The molecule has 1 amide bonds. The Bertz CT molecular complexity index is 619. The Hall–Kier alpha value is -1.64. The Morgan fingerprint density at radius 2 is 2.04 bits per heavy atom. The van der Waals surface area contributed by atoms with Crippen molar-refractivity contribution in [1.82, 2.24) is 5.01 Å². The second-order valence-corrected chi connectivity index (χ2v) is 5.46. The van der Waals surface area contributed by atoms with Crippen molar-refractivity contribution in [1.29, 1.82) is 0 Å². The average Bonchev–Trinajstić information content (AvgIpc) is 2.83. The van der Waals surface area contributed by atoms with Gasteiger partial charge in [0, 0.05) is 36.2 Å². The lowest BCUT2D eigenvalue weighted by atomic mass is 10.0. The van der Waals surface area contributed by atoms with Crippen LogP contribution in [0.15, 0.2) is 29.4 Å². The van der Waals surface area contributed by atoms with Crippen LogP contribution in [0.1, 0.15) is 23.2 Å². The molecule has 0 saturated heterocycles. The van der Waals surface area contributed by atoms with E-state index in [9.17, 15) is 23.1 Å². The number of amides is 1. The van der Waals surface area contributed by atoms with Gasteiger partial charge in [-0.1, -0.05) is 11.6 Å². The molecule has 1 N–H and O–H groups in total. The largest absolute Gasteiger partial charge is 0.438 e. The number of nitrogens with zero attached hydrogens (tertiary/aromatic N) is 2. The SMILES string of the molecule is COCCC1=NN(C(=O)c2ccc(Cl)cc2)[C@](O)(C(F)(F)F)C1. The summed E-state index contributed by atoms with van der Waals surface area (Å²) in [6.45, 7) is 0.135. The third-order valence-corrected chi connectivity index (χ3v) is 3.63. The smallest absolute Gasteiger partial charge is 0.384 e. The van der Waals surface area contributed by atoms with Crippen molar-refractivity contribution in [3.05, 3.63) is 34.9 Å². The predicted molar refractivity (Wildman–Crippen MR) is 77.2 cm³/mol. The molecule has 0 saturated carbocycles. The number of hydrogen-bond acceptors (Lipinski definition) is 4. The fourth-order valence-corrected chi connectivity index (χ4v) is 2.25. The number of halogens is 4. The maximum atomic E-state index is 13.3. The number of alkyl halides is 3. The maximum absolute atomic E-state index is 13.3. The van der Waals surface area contributed by atoms with Crippen LogP contribution in [-0.2, 0) is 4.74 Å². The molecule has 0 spiro atoms. The van der Waals surface area contributed by atoms with Crippen molar-refractivity contribution < 1.29 is 27.8 Å². The molecule has 1 aliphatic rings. The van der Waals surface area contributed by atoms with Crippen LogP contribution in [-0.4, -0.2) is 47.4 Å². The quantitative estimate of drug-likeness (QED) is 0.908. The molecule has 23 heavy (non-hydrogen) atoms. The average molecular weight is 351 g/mol. The topological polar surface area (TPSA) is 62.1 Å². The third kappa shape index (κ3) is 3.49. The van der Waals surface area contributed by atoms with Crippen LogP contribution >= 0.6 is 11.6 Å². The van der Waals surface area contributed by atoms with Gasteiger partial charge in [-0.2, -0.15) is 23.3 Å². The highest BCUT2D eigenvalue weighted by atomic mass is 35.5. The molecule has 0 aromatic heterocycles. The van der Waals surface area contributed by atoms with E-state index in [1.165, 1.54) is 31.4 Å². The molecule has 1 heterocycles. The van der Waals surface area contributed by atoms with E-state index in [0.717, 1.165) is 0 Å². The Kier molecular flexibility index (Phi) is 4.98. The van der Waals surface area contributed by atoms with Gasteiger partial charge in [0.15, 0.2) is 0 Å². The van der Waals surface area contributed by atoms with E-state index in [2.05, 4.69) is 5.10 Å². The zero-order valence-corrected chi connectivity index (χ0v) is 12.9. The Balaban J connectivity index is 2.35. The summed E-state index contributed by atoms with van der Waals surface area (Å²) in [5, 5.41) is 14.1. The van der Waals surface area contributed by atoms with Gasteiger partial charge < -0.3 is 9.84 Å². The number of carbonyl (C=O) groups excluding carboxylic acids is 1. The highest BCUT2D eigenvalue weighted by molar-refractivity contribution is 6.30. The van der Waals surface area contributed by atoms with Crippen molar-refractivity contribution in [2.45, 2.75) is 24.7 Å². The van der Waals surface area contributed by atoms with Gasteiger partial charge in [0.25, 0.3) is 11.6 Å². The van der Waals surface area contributed by atoms with Gasteiger partial charge in [-0.15, -0.1) is 0 Å². The molecule has 126 valence electrons. The van der Waals surface area contributed by atoms with Crippen LogP contribution in [0, 0.1) is 0 Å². The molecule has 1 atom stereocenters. The highest BCUT2D eigenvalue weighted by Gasteiger charge is 2.63. The van der Waals surface area contributed by atoms with Crippen LogP contribution in [0.4, 0.5) is 13.2 Å². The van der Waals surface area contributed by atoms with Gasteiger partial charge in [-0.05, 0) is 24.3 Å². The fraction of sp³-hybridized carbons (Fsp3) is 0.429. The number of rotatable bonds is 4. The molecule has 9 heteroatoms. The first kappa shape index (κ1) is 17.7. The summed E-state index contributed by atoms with van der Waals surface area (Å²) in [4.78, 5) is 12.3. The van der Waals surface area contributed by atoms with Crippen molar-refractivity contribution in [3.8, 4) is 0 Å². The number of aliphatic hydroxyl groups is 1. The van der Waals surface area contributed by atoms with E-state index < -0.39 is 24.2 Å². The molecular weight excluding hydrogens is 337 g/mol. The first-order valence-electron chi connectivity index (χ1n) is 6.63. The Morgan fingerprint density at radius 1 is 1.43 bits per heavy atom. The first-order chi connectivity index (χ1) is 10.7. The molecule has 1 aromatic carbocycles. The second kappa shape index (κ2) is 6.46. The minimum absolute atomic E-state index is 0.0361. The third-order valence-electron chi connectivity index (χ3n) is 3.37. The number of methoxy groups -OCH3 is 1. The maximum Gasteiger partial charge on any atom is 0.438 e. The summed E-state index contributed by atoms with van der Waals surface area (Å²) in [6.07, 6.45) is -5.77. The number of benzene rings is 1. The summed E-state index contributed by atoms with van der Waals surface area (Å²) < 4.78 is 44.6. The molecule has 0 bridgehead atoms. The van der Waals surface area contributed by atoms with Crippen LogP contribution in [0.25, 0.3) is 0 Å². The first-order valence-corrected chi connectivity index (χ1v) is 7.01. The summed E-state index contributed by atoms with van der Waals surface area (Å²) in [7, 11) is 1.39. The molecule has 0 unspecified atom stereocenters. The van der Waals surface area contributed by atoms with Crippen molar-refractivity contribution in [2.24, 2.45) is 5.10 Å². The molecule has 0 aliphatic carbocycles. The van der Waals surface area contributed by atoms with Gasteiger partial charge in [-0.3, -0.25) is 4.79 Å². The summed E-state index contributed by atoms with van der Waals surface area (Å²) in [5.41, 5.74) is -3.39. The Labute approximate surface area is 135 Å². The number of ether oxygens (including phenoxy) is 1. The zero-order valence-electron chi connectivity index (χ0n) is 12.1. The highest BCUT2D eigenvalue weighted by Crippen LogP contribution is 2.41. The molecule has 2 rings (SSSR count). The fourth-order valence-electron chi connectivity index (χ4n) is 2.13. The minimum Gasteiger partial charge on any atom is -0.384 e. The van der Waals surface area contributed by atoms with Gasteiger partial charge in [0.2, 0.25) is 0 Å². The van der Waals surface area contributed by atoms with Crippen LogP contribution in [0.2, 0.25) is 5.02 Å². The summed E-state index contributed by atoms with van der Waals surface area (Å²) in [6, 6.07) is 5.27. The molecule has 5 nitrogen and oxygen atoms in total. The van der Waals surface area contributed by atoms with Gasteiger partial charge in [0.05, 0.1) is 6.61 Å². The number of carbonyl (C=O) groups is 1. The van der Waals surface area contributed by atoms with E-state index in [4.69, 9.17) is 16.3 Å². The second-order valence-electron chi connectivity index (χ2n) is 5.02. The number of hydrogen-bond donors (Lipinski definition) is 1. The lowest BCUT2D eigenvalue weighted by molar-refractivity contribution is -0.297. The van der Waals surface area contributed by atoms with Gasteiger partial charge >= 0.3 is 6.18 Å². The summed E-state index contributed by atoms with van der Waals surface area (Å²) in [5.74, 6) is -1.06. The van der Waals surface area contributed by atoms with Gasteiger partial charge in [-0.25, -0.2) is 0 Å². The molecule has 1 aromatic rings. The summed E-state index contributed by atoms with van der Waals surface area (Å²) >= 11 is 5.69. The number of hydrazone groups is 1. The normalized spacial score (nSPS) is 21.5. The zero-order chi connectivity index (χ0) is 17.3.